The van der Waals surface area contributed by atoms with Crippen LogP contribution in [-0.4, -0.2) is 9.97 Å². The molecule has 0 fully saturated rings. The quantitative estimate of drug-likeness (QED) is 0.821. The molecule has 2 rings (SSSR count). The molecule has 0 bridgehead atoms. The van der Waals surface area contributed by atoms with Crippen LogP contribution in [0.2, 0.25) is 0 Å². The largest absolute Gasteiger partial charge is 0.341 e. The van der Waals surface area contributed by atoms with E-state index in [-0.39, 0.29) is 6.04 Å². The molecule has 14 heavy (non-hydrogen) atoms. The highest BCUT2D eigenvalue weighted by Crippen LogP contribution is 2.24. The average Bonchev–Trinajstić information content (AvgIpc) is 2.56. The van der Waals surface area contributed by atoms with Gasteiger partial charge in [0.15, 0.2) is 0 Å². The second-order valence-corrected chi connectivity index (χ2v) is 4.33. The van der Waals surface area contributed by atoms with Gasteiger partial charge in [-0.05, 0) is 31.5 Å². The van der Waals surface area contributed by atoms with E-state index in [0.29, 0.717) is 0 Å². The molecule has 74 valence electrons. The van der Waals surface area contributed by atoms with Crippen LogP contribution in [0, 0.1) is 6.92 Å². The van der Waals surface area contributed by atoms with Gasteiger partial charge in [-0.25, -0.2) is 4.98 Å². The van der Waals surface area contributed by atoms with Gasteiger partial charge in [0.05, 0.1) is 17.1 Å². The van der Waals surface area contributed by atoms with E-state index in [9.17, 15) is 0 Å². The fourth-order valence-electron chi connectivity index (χ4n) is 1.42. The number of nitrogens with two attached hydrogens (primary N) is 1. The first-order valence-corrected chi connectivity index (χ1v) is 5.29. The number of aromatic amines is 1. The third kappa shape index (κ3) is 1.44. The summed E-state index contributed by atoms with van der Waals surface area (Å²) in [6.45, 7) is 3.96. The van der Waals surface area contributed by atoms with Crippen LogP contribution in [0.15, 0.2) is 16.6 Å². The summed E-state index contributed by atoms with van der Waals surface area (Å²) in [6, 6.07) is 3.96. The maximum Gasteiger partial charge on any atom is 0.123 e. The first-order chi connectivity index (χ1) is 6.59. The minimum Gasteiger partial charge on any atom is -0.341 e. The topological polar surface area (TPSA) is 54.7 Å². The zero-order chi connectivity index (χ0) is 10.3. The summed E-state index contributed by atoms with van der Waals surface area (Å²) in [7, 11) is 0. The van der Waals surface area contributed by atoms with Crippen LogP contribution in [-0.2, 0) is 0 Å². The SMILES string of the molecule is Cc1c(Br)ccc2[nH]c([C@H](C)N)nc12. The van der Waals surface area contributed by atoms with Crippen LogP contribution >= 0.6 is 15.9 Å². The molecule has 0 saturated carbocycles. The second kappa shape index (κ2) is 3.37. The number of halogens is 1. The normalized spacial score (nSPS) is 13.4. The molecule has 0 aliphatic carbocycles. The first-order valence-electron chi connectivity index (χ1n) is 4.50. The monoisotopic (exact) mass is 253 g/mol. The lowest BCUT2D eigenvalue weighted by molar-refractivity contribution is 0.759. The molecule has 0 aliphatic heterocycles. The van der Waals surface area contributed by atoms with Crippen LogP contribution < -0.4 is 5.73 Å². The Morgan fingerprint density at radius 3 is 2.86 bits per heavy atom. The Morgan fingerprint density at radius 1 is 1.50 bits per heavy atom. The van der Waals surface area contributed by atoms with Crippen LogP contribution in [0.4, 0.5) is 0 Å². The number of hydrogen-bond acceptors (Lipinski definition) is 2. The van der Waals surface area contributed by atoms with Crippen LogP contribution in [0.25, 0.3) is 11.0 Å². The number of nitrogens with zero attached hydrogens (tertiary/aromatic N) is 1. The van der Waals surface area contributed by atoms with Crippen molar-refractivity contribution in [2.45, 2.75) is 19.9 Å². The maximum atomic E-state index is 5.76. The minimum absolute atomic E-state index is 0.0550. The van der Waals surface area contributed by atoms with E-state index in [1.54, 1.807) is 0 Å². The fraction of sp³-hybridized carbons (Fsp3) is 0.300. The maximum absolute atomic E-state index is 5.76. The number of fused-ring (bicyclic) bond motifs is 1. The minimum atomic E-state index is -0.0550. The van der Waals surface area contributed by atoms with Crippen LogP contribution in [0.1, 0.15) is 24.4 Å². The Morgan fingerprint density at radius 2 is 2.21 bits per heavy atom. The van der Waals surface area contributed by atoms with Gasteiger partial charge in [-0.3, -0.25) is 0 Å². The van der Waals surface area contributed by atoms with Crippen molar-refractivity contribution < 1.29 is 0 Å². The molecule has 1 atom stereocenters. The Labute approximate surface area is 90.8 Å². The van der Waals surface area contributed by atoms with Gasteiger partial charge in [0.2, 0.25) is 0 Å². The predicted molar refractivity (Wildman–Crippen MR) is 61.1 cm³/mol. The molecule has 0 radical (unpaired) electrons. The molecular weight excluding hydrogens is 242 g/mol. The molecule has 3 nitrogen and oxygen atoms in total. The number of imidazole rings is 1. The summed E-state index contributed by atoms with van der Waals surface area (Å²) in [6.07, 6.45) is 0. The lowest BCUT2D eigenvalue weighted by Crippen LogP contribution is -2.06. The Kier molecular flexibility index (Phi) is 2.33. The Hall–Kier alpha value is -0.870. The molecule has 4 heteroatoms. The smallest absolute Gasteiger partial charge is 0.123 e. The van der Waals surface area contributed by atoms with Gasteiger partial charge < -0.3 is 10.7 Å². The summed E-state index contributed by atoms with van der Waals surface area (Å²) < 4.78 is 1.08. The van der Waals surface area contributed by atoms with Crippen molar-refractivity contribution in [3.05, 3.63) is 28.0 Å². The molecule has 1 aromatic carbocycles. The molecule has 0 saturated heterocycles. The number of H-pyrrole nitrogens is 1. The van der Waals surface area contributed by atoms with Crippen molar-refractivity contribution in [1.82, 2.24) is 9.97 Å². The second-order valence-electron chi connectivity index (χ2n) is 3.48. The lowest BCUT2D eigenvalue weighted by Gasteiger charge is -1.97. The van der Waals surface area contributed by atoms with E-state index in [1.165, 1.54) is 0 Å². The van der Waals surface area contributed by atoms with Gasteiger partial charge in [-0.2, -0.15) is 0 Å². The lowest BCUT2D eigenvalue weighted by atomic mass is 10.2. The summed E-state index contributed by atoms with van der Waals surface area (Å²) in [4.78, 5) is 7.67. The van der Waals surface area contributed by atoms with Gasteiger partial charge in [-0.15, -0.1) is 0 Å². The number of rotatable bonds is 1. The third-order valence-corrected chi connectivity index (χ3v) is 3.15. The van der Waals surface area contributed by atoms with Crippen molar-refractivity contribution in [2.24, 2.45) is 5.73 Å². The molecule has 0 spiro atoms. The van der Waals surface area contributed by atoms with E-state index >= 15 is 0 Å². The molecule has 1 heterocycles. The first kappa shape index (κ1) is 9.68. The van der Waals surface area contributed by atoms with Gasteiger partial charge in [0.1, 0.15) is 5.82 Å². The number of nitrogens with one attached hydrogen (secondary N) is 1. The van der Waals surface area contributed by atoms with Gasteiger partial charge >= 0.3 is 0 Å². The molecule has 2 aromatic rings. The van der Waals surface area contributed by atoms with Crippen molar-refractivity contribution in [3.63, 3.8) is 0 Å². The molecule has 0 aliphatic rings. The fourth-order valence-corrected chi connectivity index (χ4v) is 1.74. The van der Waals surface area contributed by atoms with E-state index in [0.717, 1.165) is 26.9 Å². The number of benzene rings is 1. The van der Waals surface area contributed by atoms with Crippen molar-refractivity contribution in [1.29, 1.82) is 0 Å². The van der Waals surface area contributed by atoms with Gasteiger partial charge in [0.25, 0.3) is 0 Å². The van der Waals surface area contributed by atoms with E-state index in [4.69, 9.17) is 5.73 Å². The number of hydrogen-bond donors (Lipinski definition) is 2. The highest BCUT2D eigenvalue weighted by Gasteiger charge is 2.09. The van der Waals surface area contributed by atoms with Crippen molar-refractivity contribution in [3.8, 4) is 0 Å². The van der Waals surface area contributed by atoms with Crippen molar-refractivity contribution >= 4 is 27.0 Å². The standard InChI is InChI=1S/C10H12BrN3/c1-5-7(11)3-4-8-9(5)14-10(13-8)6(2)12/h3-4,6H,12H2,1-2H3,(H,13,14)/t6-/m0/s1. The highest BCUT2D eigenvalue weighted by atomic mass is 79.9. The number of aromatic nitrogens is 2. The summed E-state index contributed by atoms with van der Waals surface area (Å²) in [5.74, 6) is 0.834. The Balaban J connectivity index is 2.71. The van der Waals surface area contributed by atoms with Crippen LogP contribution in [0.5, 0.6) is 0 Å². The summed E-state index contributed by atoms with van der Waals surface area (Å²) >= 11 is 3.48. The van der Waals surface area contributed by atoms with E-state index < -0.39 is 0 Å². The predicted octanol–water partition coefficient (Wildman–Crippen LogP) is 2.65. The zero-order valence-corrected chi connectivity index (χ0v) is 9.72. The molecule has 3 N–H and O–H groups in total. The van der Waals surface area contributed by atoms with E-state index in [1.807, 2.05) is 26.0 Å². The number of aryl methyl sites for hydroxylation is 1. The Bertz CT molecular complexity index is 473. The van der Waals surface area contributed by atoms with E-state index in [2.05, 4.69) is 25.9 Å². The average molecular weight is 254 g/mol. The van der Waals surface area contributed by atoms with Crippen molar-refractivity contribution in [2.75, 3.05) is 0 Å². The molecular formula is C10H12BrN3. The summed E-state index contributed by atoms with van der Waals surface area (Å²) in [5, 5.41) is 0. The third-order valence-electron chi connectivity index (χ3n) is 2.29. The molecule has 0 amide bonds. The van der Waals surface area contributed by atoms with Gasteiger partial charge in [-0.1, -0.05) is 15.9 Å². The zero-order valence-electron chi connectivity index (χ0n) is 8.13. The highest BCUT2D eigenvalue weighted by molar-refractivity contribution is 9.10. The summed E-state index contributed by atoms with van der Waals surface area (Å²) in [5.41, 5.74) is 8.94. The molecule has 0 unspecified atom stereocenters. The van der Waals surface area contributed by atoms with Gasteiger partial charge in [0, 0.05) is 4.47 Å². The van der Waals surface area contributed by atoms with Crippen LogP contribution in [0.3, 0.4) is 0 Å². The molecule has 1 aromatic heterocycles.